The van der Waals surface area contributed by atoms with E-state index < -0.39 is 11.7 Å². The molecule has 2 heterocycles. The highest BCUT2D eigenvalue weighted by Crippen LogP contribution is 2.32. The van der Waals surface area contributed by atoms with Gasteiger partial charge in [-0.15, -0.1) is 0 Å². The molecule has 0 spiro atoms. The normalized spacial score (nSPS) is 11.9. The molecule has 1 aromatic carbocycles. The number of hydrogen-bond acceptors (Lipinski definition) is 7. The molecule has 3 aromatic rings. The van der Waals surface area contributed by atoms with Gasteiger partial charge in [0.15, 0.2) is 0 Å². The third-order valence-electron chi connectivity index (χ3n) is 3.58. The molecule has 1 atom stereocenters. The quantitative estimate of drug-likeness (QED) is 0.465. The van der Waals surface area contributed by atoms with Gasteiger partial charge >= 0.3 is 11.7 Å². The lowest BCUT2D eigenvalue weighted by molar-refractivity contribution is 0.163. The molecule has 0 bridgehead atoms. The molecule has 0 radical (unpaired) electrons. The predicted molar refractivity (Wildman–Crippen MR) is 109 cm³/mol. The molecular weight excluding hydrogens is 384 g/mol. The first kappa shape index (κ1) is 19.3. The highest BCUT2D eigenvalue weighted by Gasteiger charge is 2.10. The van der Waals surface area contributed by atoms with Crippen molar-refractivity contribution in [2.75, 3.05) is 11.9 Å². The Morgan fingerprint density at radius 1 is 1.30 bits per heavy atom. The Kier molecular flexibility index (Phi) is 6.41. The topological polar surface area (TPSA) is 81.4 Å². The summed E-state index contributed by atoms with van der Waals surface area (Å²) >= 11 is 0. The lowest BCUT2D eigenvalue weighted by Gasteiger charge is -2.12. The predicted octanol–water partition coefficient (Wildman–Crippen LogP) is 4.87. The van der Waals surface area contributed by atoms with Gasteiger partial charge in [-0.2, -0.15) is 0 Å². The summed E-state index contributed by atoms with van der Waals surface area (Å²) in [6.45, 7) is 4.07. The highest BCUT2D eigenvalue weighted by molar-refractivity contribution is 8.76. The molecule has 1 amide bonds. The zero-order chi connectivity index (χ0) is 19.2. The van der Waals surface area contributed by atoms with Crippen molar-refractivity contribution < 1.29 is 13.9 Å². The Hall–Kier alpha value is -2.45. The van der Waals surface area contributed by atoms with Crippen molar-refractivity contribution in [2.45, 2.75) is 24.1 Å². The van der Waals surface area contributed by atoms with E-state index in [4.69, 9.17) is 9.15 Å². The second-order valence-electron chi connectivity index (χ2n) is 5.84. The molecule has 2 aromatic heterocycles. The number of nitrogens with one attached hydrogen (secondary N) is 1. The van der Waals surface area contributed by atoms with Crippen molar-refractivity contribution in [2.24, 2.45) is 0 Å². The van der Waals surface area contributed by atoms with Crippen LogP contribution in [0.15, 0.2) is 62.9 Å². The first-order valence-electron chi connectivity index (χ1n) is 8.24. The van der Waals surface area contributed by atoms with E-state index in [1.807, 2.05) is 32.0 Å². The van der Waals surface area contributed by atoms with E-state index in [1.54, 1.807) is 46.0 Å². The van der Waals surface area contributed by atoms with Gasteiger partial charge < -0.3 is 9.15 Å². The number of pyridine rings is 1. The molecule has 8 heteroatoms. The second-order valence-corrected chi connectivity index (χ2v) is 8.50. The third-order valence-corrected chi connectivity index (χ3v) is 6.34. The molecule has 140 valence electrons. The van der Waals surface area contributed by atoms with Crippen molar-refractivity contribution in [1.82, 2.24) is 4.98 Å². The minimum Gasteiger partial charge on any atom is -0.448 e. The van der Waals surface area contributed by atoms with Crippen LogP contribution in [0.1, 0.15) is 12.5 Å². The first-order chi connectivity index (χ1) is 13.0. The number of amides is 1. The summed E-state index contributed by atoms with van der Waals surface area (Å²) < 4.78 is 10.4. The Morgan fingerprint density at radius 2 is 2.15 bits per heavy atom. The maximum Gasteiger partial charge on any atom is 0.411 e. The van der Waals surface area contributed by atoms with Crippen molar-refractivity contribution in [1.29, 1.82) is 0 Å². The summed E-state index contributed by atoms with van der Waals surface area (Å²) in [7, 11) is 3.12. The van der Waals surface area contributed by atoms with Crippen LogP contribution in [0, 0.1) is 6.92 Å². The second kappa shape index (κ2) is 8.96. The van der Waals surface area contributed by atoms with Crippen LogP contribution in [0.25, 0.3) is 11.0 Å². The number of fused-ring (bicyclic) bond motifs is 1. The largest absolute Gasteiger partial charge is 0.448 e. The molecule has 0 saturated heterocycles. The number of carbonyl (C=O) groups is 1. The number of carbonyl (C=O) groups excluding carboxylic acids is 1. The van der Waals surface area contributed by atoms with Gasteiger partial charge in [-0.1, -0.05) is 16.9 Å². The SMILES string of the molecule is Cc1cc(=O)oc2cc(NC(=O)OC[C@@H](C)SSc3ccccn3)ccc12. The first-order valence-corrected chi connectivity index (χ1v) is 10.5. The molecule has 0 unspecified atom stereocenters. The molecule has 0 aliphatic heterocycles. The van der Waals surface area contributed by atoms with E-state index in [0.29, 0.717) is 11.3 Å². The number of aromatic nitrogens is 1. The molecule has 0 aliphatic rings. The maximum absolute atomic E-state index is 12.0. The summed E-state index contributed by atoms with van der Waals surface area (Å²) in [4.78, 5) is 27.7. The van der Waals surface area contributed by atoms with Crippen LogP contribution in [0.2, 0.25) is 0 Å². The summed E-state index contributed by atoms with van der Waals surface area (Å²) in [5.41, 5.74) is 1.33. The summed E-state index contributed by atoms with van der Waals surface area (Å²) in [5.74, 6) is 0. The molecule has 0 fully saturated rings. The van der Waals surface area contributed by atoms with Crippen LogP contribution in [-0.4, -0.2) is 22.9 Å². The van der Waals surface area contributed by atoms with E-state index in [-0.39, 0.29) is 11.9 Å². The Morgan fingerprint density at radius 3 is 2.93 bits per heavy atom. The molecule has 0 saturated carbocycles. The lowest BCUT2D eigenvalue weighted by Crippen LogP contribution is -2.18. The smallest absolute Gasteiger partial charge is 0.411 e. The van der Waals surface area contributed by atoms with E-state index in [1.165, 1.54) is 6.07 Å². The minimum atomic E-state index is -0.556. The van der Waals surface area contributed by atoms with Crippen LogP contribution in [0.5, 0.6) is 0 Å². The molecule has 3 rings (SSSR count). The van der Waals surface area contributed by atoms with Gasteiger partial charge in [0.05, 0.1) is 0 Å². The van der Waals surface area contributed by atoms with Gasteiger partial charge in [-0.05, 0) is 54.5 Å². The van der Waals surface area contributed by atoms with Gasteiger partial charge in [0.2, 0.25) is 0 Å². The lowest BCUT2D eigenvalue weighted by atomic mass is 10.1. The zero-order valence-electron chi connectivity index (χ0n) is 14.8. The van der Waals surface area contributed by atoms with Gasteiger partial charge in [-0.3, -0.25) is 5.32 Å². The fourth-order valence-corrected chi connectivity index (χ4v) is 4.18. The van der Waals surface area contributed by atoms with Crippen molar-refractivity contribution in [3.05, 3.63) is 64.6 Å². The Labute approximate surface area is 164 Å². The molecule has 1 N–H and O–H groups in total. The van der Waals surface area contributed by atoms with Crippen LogP contribution < -0.4 is 10.9 Å². The number of benzene rings is 1. The minimum absolute atomic E-state index is 0.0973. The monoisotopic (exact) mass is 402 g/mol. The van der Waals surface area contributed by atoms with E-state index in [2.05, 4.69) is 10.3 Å². The molecule has 27 heavy (non-hydrogen) atoms. The molecule has 0 aliphatic carbocycles. The highest BCUT2D eigenvalue weighted by atomic mass is 33.1. The summed E-state index contributed by atoms with van der Waals surface area (Å²) in [6.07, 6.45) is 1.18. The number of hydrogen-bond donors (Lipinski definition) is 1. The van der Waals surface area contributed by atoms with Crippen molar-refractivity contribution >= 4 is 44.3 Å². The number of nitrogens with zero attached hydrogens (tertiary/aromatic N) is 1. The number of ether oxygens (including phenoxy) is 1. The fraction of sp³-hybridized carbons (Fsp3) is 0.211. The average Bonchev–Trinajstić information content (AvgIpc) is 2.65. The van der Waals surface area contributed by atoms with Gasteiger partial charge in [0.1, 0.15) is 17.2 Å². The van der Waals surface area contributed by atoms with Gasteiger partial charge in [-0.25, -0.2) is 14.6 Å². The van der Waals surface area contributed by atoms with Crippen LogP contribution in [0.3, 0.4) is 0 Å². The van der Waals surface area contributed by atoms with Crippen LogP contribution in [-0.2, 0) is 4.74 Å². The van der Waals surface area contributed by atoms with Gasteiger partial charge in [0.25, 0.3) is 0 Å². The Bertz CT molecular complexity index is 992. The maximum atomic E-state index is 12.0. The number of anilines is 1. The van der Waals surface area contributed by atoms with E-state index >= 15 is 0 Å². The zero-order valence-corrected chi connectivity index (χ0v) is 16.4. The Balaban J connectivity index is 1.51. The average molecular weight is 402 g/mol. The summed E-state index contributed by atoms with van der Waals surface area (Å²) in [6, 6.07) is 12.3. The van der Waals surface area contributed by atoms with Crippen molar-refractivity contribution in [3.8, 4) is 0 Å². The number of rotatable bonds is 6. The standard InChI is InChI=1S/C19H18N2O4S2/c1-12-9-18(22)25-16-10-14(6-7-15(12)16)21-19(23)24-11-13(2)26-27-17-5-3-4-8-20-17/h3-10,13H,11H2,1-2H3,(H,21,23)/t13-/m1/s1. The number of aryl methyl sites for hydroxylation is 1. The van der Waals surface area contributed by atoms with E-state index in [9.17, 15) is 9.59 Å². The fourth-order valence-electron chi connectivity index (χ4n) is 2.31. The van der Waals surface area contributed by atoms with Crippen LogP contribution in [0.4, 0.5) is 10.5 Å². The summed E-state index contributed by atoms with van der Waals surface area (Å²) in [5, 5.41) is 4.48. The molecular formula is C19H18N2O4S2. The van der Waals surface area contributed by atoms with Gasteiger partial charge in [0, 0.05) is 34.7 Å². The van der Waals surface area contributed by atoms with Crippen LogP contribution >= 0.6 is 21.6 Å². The van der Waals surface area contributed by atoms with E-state index in [0.717, 1.165) is 16.0 Å². The third kappa shape index (κ3) is 5.51. The molecule has 6 nitrogen and oxygen atoms in total. The van der Waals surface area contributed by atoms with Crippen molar-refractivity contribution in [3.63, 3.8) is 0 Å².